The van der Waals surface area contributed by atoms with Crippen LogP contribution in [0.1, 0.15) is 28.9 Å². The van der Waals surface area contributed by atoms with Gasteiger partial charge in [0.1, 0.15) is 6.04 Å². The van der Waals surface area contributed by atoms with Crippen molar-refractivity contribution in [1.29, 1.82) is 0 Å². The number of nitrogens with one attached hydrogen (secondary N) is 1. The second kappa shape index (κ2) is 7.26. The van der Waals surface area contributed by atoms with Crippen LogP contribution < -0.4 is 11.1 Å². The third-order valence-corrected chi connectivity index (χ3v) is 4.13. The van der Waals surface area contributed by atoms with E-state index < -0.39 is 17.8 Å². The lowest BCUT2D eigenvalue weighted by molar-refractivity contribution is -0.124. The highest BCUT2D eigenvalue weighted by molar-refractivity contribution is 5.89. The smallest absolute Gasteiger partial charge is 0.420 e. The Morgan fingerprint density at radius 1 is 1.15 bits per heavy atom. The molecule has 0 radical (unpaired) electrons. The van der Waals surface area contributed by atoms with Crippen molar-refractivity contribution in [3.05, 3.63) is 70.2 Å². The summed E-state index contributed by atoms with van der Waals surface area (Å²) >= 11 is 0. The SMILES string of the molecule is COC(=O)c1ccc(CNC(=O)C(C)n2c(=O)oc3ccccc32)cc1. The molecule has 0 spiro atoms. The summed E-state index contributed by atoms with van der Waals surface area (Å²) in [5.41, 5.74) is 2.27. The zero-order valence-corrected chi connectivity index (χ0v) is 14.4. The molecule has 7 heteroatoms. The molecule has 0 aliphatic rings. The van der Waals surface area contributed by atoms with E-state index in [1.165, 1.54) is 11.7 Å². The van der Waals surface area contributed by atoms with E-state index in [-0.39, 0.29) is 12.5 Å². The van der Waals surface area contributed by atoms with Crippen LogP contribution in [0.3, 0.4) is 0 Å². The number of nitrogens with zero attached hydrogens (tertiary/aromatic N) is 1. The monoisotopic (exact) mass is 354 g/mol. The van der Waals surface area contributed by atoms with Crippen LogP contribution in [0.5, 0.6) is 0 Å². The van der Waals surface area contributed by atoms with Gasteiger partial charge in [0, 0.05) is 6.54 Å². The number of benzene rings is 2. The van der Waals surface area contributed by atoms with Crippen molar-refractivity contribution in [2.24, 2.45) is 0 Å². The molecule has 1 amide bonds. The minimum Gasteiger partial charge on any atom is -0.465 e. The lowest BCUT2D eigenvalue weighted by Crippen LogP contribution is -2.34. The van der Waals surface area contributed by atoms with Crippen LogP contribution in [-0.4, -0.2) is 23.6 Å². The van der Waals surface area contributed by atoms with E-state index >= 15 is 0 Å². The first-order valence-corrected chi connectivity index (χ1v) is 8.06. The molecule has 0 saturated carbocycles. The second-order valence-corrected chi connectivity index (χ2v) is 5.79. The second-order valence-electron chi connectivity index (χ2n) is 5.79. The number of amides is 1. The van der Waals surface area contributed by atoms with Gasteiger partial charge >= 0.3 is 11.7 Å². The molecule has 0 saturated heterocycles. The molecule has 0 fully saturated rings. The number of fused-ring (bicyclic) bond motifs is 1. The first-order valence-electron chi connectivity index (χ1n) is 8.06. The molecule has 26 heavy (non-hydrogen) atoms. The number of aromatic nitrogens is 1. The topological polar surface area (TPSA) is 90.5 Å². The van der Waals surface area contributed by atoms with Crippen molar-refractivity contribution >= 4 is 23.0 Å². The van der Waals surface area contributed by atoms with Crippen molar-refractivity contribution in [1.82, 2.24) is 9.88 Å². The minimum absolute atomic E-state index is 0.273. The van der Waals surface area contributed by atoms with Crippen LogP contribution >= 0.6 is 0 Å². The van der Waals surface area contributed by atoms with Gasteiger partial charge in [-0.05, 0) is 36.8 Å². The molecular formula is C19H18N2O5. The van der Waals surface area contributed by atoms with Crippen LogP contribution in [0.4, 0.5) is 0 Å². The number of carbonyl (C=O) groups excluding carboxylic acids is 2. The van der Waals surface area contributed by atoms with Gasteiger partial charge in [0.2, 0.25) is 5.91 Å². The highest BCUT2D eigenvalue weighted by Crippen LogP contribution is 2.16. The number of methoxy groups -OCH3 is 1. The molecule has 1 atom stereocenters. The number of carbonyl (C=O) groups is 2. The van der Waals surface area contributed by atoms with Gasteiger partial charge in [0.15, 0.2) is 5.58 Å². The fraction of sp³-hybridized carbons (Fsp3) is 0.211. The van der Waals surface area contributed by atoms with Crippen molar-refractivity contribution in [3.63, 3.8) is 0 Å². The zero-order chi connectivity index (χ0) is 18.7. The summed E-state index contributed by atoms with van der Waals surface area (Å²) in [6.45, 7) is 1.91. The molecule has 3 aromatic rings. The third kappa shape index (κ3) is 3.37. The van der Waals surface area contributed by atoms with Gasteiger partial charge in [-0.25, -0.2) is 9.59 Å². The van der Waals surface area contributed by atoms with E-state index in [2.05, 4.69) is 10.1 Å². The van der Waals surface area contributed by atoms with Gasteiger partial charge in [0.05, 0.1) is 18.2 Å². The standard InChI is InChI=1S/C19H18N2O5/c1-12(21-15-5-3-4-6-16(15)26-19(21)24)17(22)20-11-13-7-9-14(10-8-13)18(23)25-2/h3-10,12H,11H2,1-2H3,(H,20,22). The fourth-order valence-corrected chi connectivity index (χ4v) is 2.68. The highest BCUT2D eigenvalue weighted by atomic mass is 16.5. The summed E-state index contributed by atoms with van der Waals surface area (Å²) in [5, 5.41) is 2.79. The zero-order valence-electron chi connectivity index (χ0n) is 14.4. The number of para-hydroxylation sites is 2. The Balaban J connectivity index is 1.70. The maximum Gasteiger partial charge on any atom is 0.420 e. The van der Waals surface area contributed by atoms with Crippen LogP contribution in [0.15, 0.2) is 57.7 Å². The quantitative estimate of drug-likeness (QED) is 0.710. The van der Waals surface area contributed by atoms with Gasteiger partial charge in [-0.2, -0.15) is 0 Å². The van der Waals surface area contributed by atoms with Crippen LogP contribution in [0.2, 0.25) is 0 Å². The maximum absolute atomic E-state index is 12.4. The molecule has 0 bridgehead atoms. The van der Waals surface area contributed by atoms with Crippen molar-refractivity contribution < 1.29 is 18.7 Å². The molecule has 7 nitrogen and oxygen atoms in total. The van der Waals surface area contributed by atoms with E-state index in [0.717, 1.165) is 5.56 Å². The molecule has 1 heterocycles. The molecule has 1 N–H and O–H groups in total. The van der Waals surface area contributed by atoms with E-state index in [1.54, 1.807) is 55.5 Å². The van der Waals surface area contributed by atoms with Crippen molar-refractivity contribution in [2.75, 3.05) is 7.11 Å². The van der Waals surface area contributed by atoms with Gasteiger partial charge in [-0.1, -0.05) is 24.3 Å². The molecule has 1 unspecified atom stereocenters. The minimum atomic E-state index is -0.722. The highest BCUT2D eigenvalue weighted by Gasteiger charge is 2.20. The number of hydrogen-bond acceptors (Lipinski definition) is 5. The summed E-state index contributed by atoms with van der Waals surface area (Å²) in [6, 6.07) is 13.0. The summed E-state index contributed by atoms with van der Waals surface area (Å²) in [6.07, 6.45) is 0. The first kappa shape index (κ1) is 17.5. The van der Waals surface area contributed by atoms with E-state index in [4.69, 9.17) is 4.42 Å². The normalized spacial score (nSPS) is 11.9. The molecular weight excluding hydrogens is 336 g/mol. The maximum atomic E-state index is 12.4. The first-order chi connectivity index (χ1) is 12.5. The number of rotatable bonds is 5. The molecule has 3 rings (SSSR count). The van der Waals surface area contributed by atoms with Crippen molar-refractivity contribution in [3.8, 4) is 0 Å². The largest absolute Gasteiger partial charge is 0.465 e. The van der Waals surface area contributed by atoms with E-state index in [1.807, 2.05) is 0 Å². The van der Waals surface area contributed by atoms with Crippen molar-refractivity contribution in [2.45, 2.75) is 19.5 Å². The summed E-state index contributed by atoms with van der Waals surface area (Å²) < 4.78 is 11.1. The Hall–Kier alpha value is -3.35. The molecule has 2 aromatic carbocycles. The predicted octanol–water partition coefficient (Wildman–Crippen LogP) is 2.26. The number of hydrogen-bond donors (Lipinski definition) is 1. The third-order valence-electron chi connectivity index (χ3n) is 4.13. The number of esters is 1. The van der Waals surface area contributed by atoms with Crippen LogP contribution in [0, 0.1) is 0 Å². The predicted molar refractivity (Wildman–Crippen MR) is 94.8 cm³/mol. The Morgan fingerprint density at radius 3 is 2.54 bits per heavy atom. The van der Waals surface area contributed by atoms with Gasteiger partial charge in [0.25, 0.3) is 0 Å². The van der Waals surface area contributed by atoms with Crippen LogP contribution in [-0.2, 0) is 16.1 Å². The summed E-state index contributed by atoms with van der Waals surface area (Å²) in [7, 11) is 1.32. The fourth-order valence-electron chi connectivity index (χ4n) is 2.68. The average molecular weight is 354 g/mol. The molecule has 1 aromatic heterocycles. The molecule has 134 valence electrons. The van der Waals surface area contributed by atoms with Crippen LogP contribution in [0.25, 0.3) is 11.1 Å². The number of ether oxygens (including phenoxy) is 1. The lowest BCUT2D eigenvalue weighted by atomic mass is 10.1. The summed E-state index contributed by atoms with van der Waals surface area (Å²) in [4.78, 5) is 35.9. The Bertz CT molecular complexity index is 1000. The summed E-state index contributed by atoms with van der Waals surface area (Å²) in [5.74, 6) is -1.30. The Labute approximate surface area is 149 Å². The van der Waals surface area contributed by atoms with Gasteiger partial charge in [-0.15, -0.1) is 0 Å². The number of oxazole rings is 1. The van der Waals surface area contributed by atoms with E-state index in [0.29, 0.717) is 16.7 Å². The molecule has 0 aliphatic heterocycles. The Kier molecular flexibility index (Phi) is 4.88. The van der Waals surface area contributed by atoms with Gasteiger partial charge in [-0.3, -0.25) is 9.36 Å². The molecule has 0 aliphatic carbocycles. The average Bonchev–Trinajstić information content (AvgIpc) is 3.00. The Morgan fingerprint density at radius 2 is 1.85 bits per heavy atom. The lowest BCUT2D eigenvalue weighted by Gasteiger charge is -2.13. The van der Waals surface area contributed by atoms with E-state index in [9.17, 15) is 14.4 Å². The van der Waals surface area contributed by atoms with Gasteiger partial charge < -0.3 is 14.5 Å².